The van der Waals surface area contributed by atoms with Crippen LogP contribution in [0.15, 0.2) is 47.5 Å². The van der Waals surface area contributed by atoms with Gasteiger partial charge in [0.25, 0.3) is 5.91 Å². The number of anilines is 1. The molecule has 8 heteroatoms. The lowest BCUT2D eigenvalue weighted by Gasteiger charge is -2.12. The molecular weight excluding hydrogens is 376 g/mol. The summed E-state index contributed by atoms with van der Waals surface area (Å²) in [5, 5.41) is 12.4. The highest BCUT2D eigenvalue weighted by molar-refractivity contribution is 7.19. The third kappa shape index (κ3) is 4.27. The first kappa shape index (κ1) is 19.3. The maximum Gasteiger partial charge on any atom is 0.258 e. The third-order valence-electron chi connectivity index (χ3n) is 3.82. The Morgan fingerprint density at radius 2 is 2.11 bits per heavy atom. The molecule has 1 N–H and O–H groups in total. The van der Waals surface area contributed by atoms with Gasteiger partial charge in [-0.15, -0.1) is 0 Å². The largest absolute Gasteiger partial charge is 0.490 e. The number of aryl methyl sites for hydroxylation is 1. The normalized spacial score (nSPS) is 10.5. The Hall–Kier alpha value is -3.44. The van der Waals surface area contributed by atoms with Gasteiger partial charge in [0.15, 0.2) is 5.13 Å². The molecule has 142 valence electrons. The zero-order chi connectivity index (χ0) is 20.3. The Morgan fingerprint density at radius 1 is 1.32 bits per heavy atom. The fraction of sp³-hybridized carbons (Fsp3) is 0.200. The summed E-state index contributed by atoms with van der Waals surface area (Å²) in [7, 11) is 1.59. The van der Waals surface area contributed by atoms with Crippen molar-refractivity contribution in [2.24, 2.45) is 7.05 Å². The first-order valence-electron chi connectivity index (χ1n) is 8.52. The number of hydrogen-bond acceptors (Lipinski definition) is 6. The molecule has 0 aliphatic heterocycles. The Labute approximate surface area is 165 Å². The predicted octanol–water partition coefficient (Wildman–Crippen LogP) is 3.42. The van der Waals surface area contributed by atoms with Crippen molar-refractivity contribution in [3.63, 3.8) is 0 Å². The number of rotatable bonds is 5. The quantitative estimate of drug-likeness (QED) is 0.715. The second kappa shape index (κ2) is 8.06. The van der Waals surface area contributed by atoms with Crippen LogP contribution < -0.4 is 15.6 Å². The SMILES string of the molecule is CC(C)Oc1cc(-c2cnc(NC(=O)c3ccc(=O)n(C)c3)s2)ccc1C#N. The first-order chi connectivity index (χ1) is 13.4. The fourth-order valence-corrected chi connectivity index (χ4v) is 3.29. The lowest BCUT2D eigenvalue weighted by molar-refractivity contribution is 0.102. The van der Waals surface area contributed by atoms with Gasteiger partial charge < -0.3 is 9.30 Å². The van der Waals surface area contributed by atoms with Gasteiger partial charge in [0.1, 0.15) is 11.8 Å². The molecule has 0 atom stereocenters. The van der Waals surface area contributed by atoms with Crippen LogP contribution in [0, 0.1) is 11.3 Å². The van der Waals surface area contributed by atoms with Gasteiger partial charge in [-0.1, -0.05) is 17.4 Å². The van der Waals surface area contributed by atoms with Crippen molar-refractivity contribution in [1.82, 2.24) is 9.55 Å². The second-order valence-corrected chi connectivity index (χ2v) is 7.37. The van der Waals surface area contributed by atoms with E-state index in [9.17, 15) is 14.9 Å². The van der Waals surface area contributed by atoms with Crippen LogP contribution in [0.1, 0.15) is 29.8 Å². The number of amides is 1. The monoisotopic (exact) mass is 394 g/mol. The van der Waals surface area contributed by atoms with Crippen molar-refractivity contribution in [3.8, 4) is 22.3 Å². The molecule has 7 nitrogen and oxygen atoms in total. The molecule has 0 fully saturated rings. The number of pyridine rings is 1. The van der Waals surface area contributed by atoms with E-state index in [1.165, 1.54) is 34.2 Å². The number of carbonyl (C=O) groups excluding carboxylic acids is 1. The van der Waals surface area contributed by atoms with Crippen LogP contribution >= 0.6 is 11.3 Å². The molecular formula is C20H18N4O3S. The molecule has 0 aliphatic carbocycles. The molecule has 1 amide bonds. The zero-order valence-corrected chi connectivity index (χ0v) is 16.4. The molecule has 3 aromatic rings. The van der Waals surface area contributed by atoms with Gasteiger partial charge in [-0.2, -0.15) is 5.26 Å². The molecule has 28 heavy (non-hydrogen) atoms. The number of thiazole rings is 1. The second-order valence-electron chi connectivity index (χ2n) is 6.34. The third-order valence-corrected chi connectivity index (χ3v) is 4.79. The van der Waals surface area contributed by atoms with E-state index >= 15 is 0 Å². The minimum atomic E-state index is -0.347. The van der Waals surface area contributed by atoms with E-state index in [0.29, 0.717) is 22.0 Å². The highest BCUT2D eigenvalue weighted by Gasteiger charge is 2.13. The Bertz CT molecular complexity index is 1120. The first-order valence-corrected chi connectivity index (χ1v) is 9.34. The van der Waals surface area contributed by atoms with Crippen LogP contribution in [0.4, 0.5) is 5.13 Å². The van der Waals surface area contributed by atoms with Crippen LogP contribution in [-0.4, -0.2) is 21.6 Å². The maximum absolute atomic E-state index is 12.4. The molecule has 2 aromatic heterocycles. The summed E-state index contributed by atoms with van der Waals surface area (Å²) in [5.41, 5.74) is 1.48. The van der Waals surface area contributed by atoms with Crippen molar-refractivity contribution in [2.45, 2.75) is 20.0 Å². The molecule has 0 radical (unpaired) electrons. The number of aromatic nitrogens is 2. The summed E-state index contributed by atoms with van der Waals surface area (Å²) < 4.78 is 7.05. The lowest BCUT2D eigenvalue weighted by atomic mass is 10.1. The molecule has 0 aliphatic rings. The van der Waals surface area contributed by atoms with E-state index in [0.717, 1.165) is 10.4 Å². The smallest absolute Gasteiger partial charge is 0.258 e. The number of nitrogens with zero attached hydrogens (tertiary/aromatic N) is 3. The molecule has 0 spiro atoms. The fourth-order valence-electron chi connectivity index (χ4n) is 2.48. The molecule has 0 bridgehead atoms. The highest BCUT2D eigenvalue weighted by Crippen LogP contribution is 2.33. The minimum Gasteiger partial charge on any atom is -0.490 e. The van der Waals surface area contributed by atoms with E-state index < -0.39 is 0 Å². The van der Waals surface area contributed by atoms with Crippen molar-refractivity contribution in [2.75, 3.05) is 5.32 Å². The summed E-state index contributed by atoms with van der Waals surface area (Å²) in [4.78, 5) is 28.9. The summed E-state index contributed by atoms with van der Waals surface area (Å²) >= 11 is 1.31. The van der Waals surface area contributed by atoms with Crippen molar-refractivity contribution in [3.05, 3.63) is 64.2 Å². The van der Waals surface area contributed by atoms with E-state index in [1.54, 1.807) is 25.4 Å². The van der Waals surface area contributed by atoms with Crippen molar-refractivity contribution in [1.29, 1.82) is 5.26 Å². The number of hydrogen-bond donors (Lipinski definition) is 1. The average Bonchev–Trinajstić information content (AvgIpc) is 3.12. The van der Waals surface area contributed by atoms with Gasteiger partial charge in [0.2, 0.25) is 5.56 Å². The Kier molecular flexibility index (Phi) is 5.57. The van der Waals surface area contributed by atoms with Crippen LogP contribution in [0.25, 0.3) is 10.4 Å². The van der Waals surface area contributed by atoms with Crippen LogP contribution in [0.3, 0.4) is 0 Å². The number of benzene rings is 1. The van der Waals surface area contributed by atoms with Crippen molar-refractivity contribution < 1.29 is 9.53 Å². The topological polar surface area (TPSA) is 97.0 Å². The van der Waals surface area contributed by atoms with E-state index in [-0.39, 0.29) is 17.6 Å². The van der Waals surface area contributed by atoms with E-state index in [4.69, 9.17) is 4.74 Å². The van der Waals surface area contributed by atoms with Gasteiger partial charge in [0.05, 0.1) is 22.1 Å². The van der Waals surface area contributed by atoms with E-state index in [2.05, 4.69) is 16.4 Å². The molecule has 1 aromatic carbocycles. The molecule has 3 rings (SSSR count). The summed E-state index contributed by atoms with van der Waals surface area (Å²) in [5.74, 6) is 0.166. The Balaban J connectivity index is 1.82. The molecule has 0 unspecified atom stereocenters. The number of nitriles is 1. The molecule has 0 saturated heterocycles. The molecule has 0 saturated carbocycles. The van der Waals surface area contributed by atoms with Gasteiger partial charge in [0, 0.05) is 25.5 Å². The summed E-state index contributed by atoms with van der Waals surface area (Å²) in [6.45, 7) is 3.79. The van der Waals surface area contributed by atoms with Gasteiger partial charge in [-0.25, -0.2) is 4.98 Å². The minimum absolute atomic E-state index is 0.0551. The predicted molar refractivity (Wildman–Crippen MR) is 108 cm³/mol. The number of nitrogens with one attached hydrogen (secondary N) is 1. The molecule has 2 heterocycles. The summed E-state index contributed by atoms with van der Waals surface area (Å²) in [6, 6.07) is 10.3. The van der Waals surface area contributed by atoms with E-state index in [1.807, 2.05) is 19.9 Å². The Morgan fingerprint density at radius 3 is 2.79 bits per heavy atom. The van der Waals surface area contributed by atoms with Crippen LogP contribution in [0.5, 0.6) is 5.75 Å². The van der Waals surface area contributed by atoms with Crippen LogP contribution in [0.2, 0.25) is 0 Å². The summed E-state index contributed by atoms with van der Waals surface area (Å²) in [6.07, 6.45) is 3.07. The number of ether oxygens (including phenoxy) is 1. The van der Waals surface area contributed by atoms with Gasteiger partial charge in [-0.3, -0.25) is 14.9 Å². The highest BCUT2D eigenvalue weighted by atomic mass is 32.1. The van der Waals surface area contributed by atoms with Gasteiger partial charge in [-0.05, 0) is 37.6 Å². The van der Waals surface area contributed by atoms with Gasteiger partial charge >= 0.3 is 0 Å². The van der Waals surface area contributed by atoms with Crippen molar-refractivity contribution >= 4 is 22.4 Å². The van der Waals surface area contributed by atoms with Crippen LogP contribution in [-0.2, 0) is 7.05 Å². The lowest BCUT2D eigenvalue weighted by Crippen LogP contribution is -2.19. The maximum atomic E-state index is 12.4. The number of carbonyl (C=O) groups is 1. The zero-order valence-electron chi connectivity index (χ0n) is 15.6. The average molecular weight is 394 g/mol. The standard InChI is InChI=1S/C20H18N4O3S/c1-12(2)27-16-8-13(4-5-14(16)9-21)17-10-22-20(28-17)23-19(26)15-6-7-18(25)24(3)11-15/h4-8,10-12H,1-3H3,(H,22,23,26).